The number of aliphatic hydroxyl groups excluding tert-OH is 1. The van der Waals surface area contributed by atoms with Gasteiger partial charge in [0.1, 0.15) is 0 Å². The molecule has 0 aliphatic carbocycles. The normalized spacial score (nSPS) is 12.0. The highest BCUT2D eigenvalue weighted by Crippen LogP contribution is 2.01. The van der Waals surface area contributed by atoms with Gasteiger partial charge in [-0.15, -0.1) is 0 Å². The maximum absolute atomic E-state index is 8.40. The van der Waals surface area contributed by atoms with Gasteiger partial charge in [0.2, 0.25) is 0 Å². The molecule has 3 heteroatoms. The van der Waals surface area contributed by atoms with Crippen molar-refractivity contribution in [3.63, 3.8) is 0 Å². The molecule has 0 aromatic heterocycles. The molecular formula is C6H16O2Si. The lowest BCUT2D eigenvalue weighted by molar-refractivity contribution is 0.230. The standard InChI is InChI=1S/C6H16O2Si/c1-9(2,3)8-6-4-5-7/h7H,4-6H2,1-3H3. The minimum atomic E-state index is -1.31. The van der Waals surface area contributed by atoms with Gasteiger partial charge in [0.25, 0.3) is 0 Å². The Balaban J connectivity index is 3.07. The predicted octanol–water partition coefficient (Wildman–Crippen LogP) is 1.22. The van der Waals surface area contributed by atoms with Crippen molar-refractivity contribution in [2.75, 3.05) is 13.2 Å². The van der Waals surface area contributed by atoms with Gasteiger partial charge >= 0.3 is 0 Å². The van der Waals surface area contributed by atoms with Crippen LogP contribution in [-0.4, -0.2) is 26.6 Å². The molecule has 0 fully saturated rings. The molecule has 0 aliphatic rings. The molecule has 56 valence electrons. The van der Waals surface area contributed by atoms with Crippen molar-refractivity contribution in [3.8, 4) is 0 Å². The maximum Gasteiger partial charge on any atom is 0.183 e. The zero-order valence-corrected chi connectivity index (χ0v) is 7.48. The molecular weight excluding hydrogens is 132 g/mol. The molecule has 0 spiro atoms. The maximum atomic E-state index is 8.40. The average Bonchev–Trinajstić information content (AvgIpc) is 1.63. The fourth-order valence-corrected chi connectivity index (χ4v) is 1.20. The third-order valence-electron chi connectivity index (χ3n) is 0.838. The van der Waals surface area contributed by atoms with Crippen LogP contribution < -0.4 is 0 Å². The number of hydrogen-bond donors (Lipinski definition) is 1. The van der Waals surface area contributed by atoms with Crippen molar-refractivity contribution in [1.82, 2.24) is 0 Å². The quantitative estimate of drug-likeness (QED) is 0.480. The Bertz CT molecular complexity index is 67.9. The van der Waals surface area contributed by atoms with Crippen LogP contribution in [0.4, 0.5) is 0 Å². The lowest BCUT2D eigenvalue weighted by Crippen LogP contribution is -2.25. The summed E-state index contributed by atoms with van der Waals surface area (Å²) in [4.78, 5) is 0. The zero-order chi connectivity index (χ0) is 7.33. The summed E-state index contributed by atoms with van der Waals surface area (Å²) in [7, 11) is -1.31. The Kier molecular flexibility index (Phi) is 4.09. The smallest absolute Gasteiger partial charge is 0.183 e. The number of aliphatic hydroxyl groups is 1. The second-order valence-electron chi connectivity index (χ2n) is 3.04. The third-order valence-corrected chi connectivity index (χ3v) is 1.91. The SMILES string of the molecule is C[Si](C)(C)OCCCO. The summed E-state index contributed by atoms with van der Waals surface area (Å²) in [5, 5.41) is 8.40. The summed E-state index contributed by atoms with van der Waals surface area (Å²) in [6.45, 7) is 7.38. The first-order valence-electron chi connectivity index (χ1n) is 3.31. The van der Waals surface area contributed by atoms with Crippen molar-refractivity contribution in [3.05, 3.63) is 0 Å². The van der Waals surface area contributed by atoms with Crippen LogP contribution in [-0.2, 0) is 4.43 Å². The zero-order valence-electron chi connectivity index (χ0n) is 6.48. The van der Waals surface area contributed by atoms with Crippen molar-refractivity contribution >= 4 is 8.32 Å². The average molecular weight is 148 g/mol. The first kappa shape index (κ1) is 9.14. The summed E-state index contributed by atoms with van der Waals surface area (Å²) in [6, 6.07) is 0. The molecule has 0 unspecified atom stereocenters. The Labute approximate surface area is 58.0 Å². The summed E-state index contributed by atoms with van der Waals surface area (Å²) >= 11 is 0. The van der Waals surface area contributed by atoms with Gasteiger partial charge in [-0.2, -0.15) is 0 Å². The highest BCUT2D eigenvalue weighted by Gasteiger charge is 2.12. The minimum Gasteiger partial charge on any atom is -0.418 e. The molecule has 0 aromatic carbocycles. The predicted molar refractivity (Wildman–Crippen MR) is 41.0 cm³/mol. The molecule has 0 bridgehead atoms. The van der Waals surface area contributed by atoms with E-state index in [1.165, 1.54) is 0 Å². The van der Waals surface area contributed by atoms with Gasteiger partial charge in [-0.3, -0.25) is 0 Å². The number of rotatable bonds is 4. The van der Waals surface area contributed by atoms with E-state index >= 15 is 0 Å². The Morgan fingerprint density at radius 3 is 2.22 bits per heavy atom. The van der Waals surface area contributed by atoms with E-state index in [9.17, 15) is 0 Å². The van der Waals surface area contributed by atoms with Gasteiger partial charge in [-0.25, -0.2) is 0 Å². The van der Waals surface area contributed by atoms with E-state index in [0.29, 0.717) is 6.61 Å². The molecule has 9 heavy (non-hydrogen) atoms. The molecule has 0 aromatic rings. The Morgan fingerprint density at radius 2 is 1.89 bits per heavy atom. The molecule has 0 amide bonds. The number of hydrogen-bond acceptors (Lipinski definition) is 2. The van der Waals surface area contributed by atoms with E-state index in [1.54, 1.807) is 0 Å². The van der Waals surface area contributed by atoms with Gasteiger partial charge in [0.05, 0.1) is 0 Å². The summed E-state index contributed by atoms with van der Waals surface area (Å²) in [6.07, 6.45) is 0.768. The summed E-state index contributed by atoms with van der Waals surface area (Å²) in [5.41, 5.74) is 0. The minimum absolute atomic E-state index is 0.241. The lowest BCUT2D eigenvalue weighted by Gasteiger charge is -2.15. The van der Waals surface area contributed by atoms with Gasteiger partial charge in [0, 0.05) is 13.2 Å². The second-order valence-corrected chi connectivity index (χ2v) is 7.55. The van der Waals surface area contributed by atoms with E-state index in [1.807, 2.05) is 0 Å². The van der Waals surface area contributed by atoms with E-state index in [0.717, 1.165) is 6.42 Å². The van der Waals surface area contributed by atoms with Crippen LogP contribution in [0.1, 0.15) is 6.42 Å². The van der Waals surface area contributed by atoms with Crippen molar-refractivity contribution in [1.29, 1.82) is 0 Å². The third kappa shape index (κ3) is 8.14. The summed E-state index contributed by atoms with van der Waals surface area (Å²) < 4.78 is 5.45. The van der Waals surface area contributed by atoms with Crippen LogP contribution in [0.3, 0.4) is 0 Å². The monoisotopic (exact) mass is 148 g/mol. The largest absolute Gasteiger partial charge is 0.418 e. The molecule has 0 saturated heterocycles. The molecule has 0 saturated carbocycles. The fraction of sp³-hybridized carbons (Fsp3) is 1.00. The highest BCUT2D eigenvalue weighted by molar-refractivity contribution is 6.69. The molecule has 0 aliphatic heterocycles. The molecule has 1 N–H and O–H groups in total. The van der Waals surface area contributed by atoms with Crippen molar-refractivity contribution < 1.29 is 9.53 Å². The molecule has 0 radical (unpaired) electrons. The molecule has 0 rings (SSSR count). The van der Waals surface area contributed by atoms with Gasteiger partial charge in [-0.05, 0) is 26.1 Å². The lowest BCUT2D eigenvalue weighted by atomic mass is 10.5. The fourth-order valence-electron chi connectivity index (χ4n) is 0.443. The first-order valence-corrected chi connectivity index (χ1v) is 6.72. The molecule has 2 nitrogen and oxygen atoms in total. The van der Waals surface area contributed by atoms with Crippen LogP contribution in [0.5, 0.6) is 0 Å². The Hall–Kier alpha value is 0.137. The van der Waals surface area contributed by atoms with Gasteiger partial charge < -0.3 is 9.53 Å². The first-order chi connectivity index (χ1) is 4.06. The van der Waals surface area contributed by atoms with Crippen LogP contribution in [0.15, 0.2) is 0 Å². The van der Waals surface area contributed by atoms with Gasteiger partial charge in [0.15, 0.2) is 8.32 Å². The van der Waals surface area contributed by atoms with Crippen LogP contribution in [0, 0.1) is 0 Å². The molecule has 0 atom stereocenters. The van der Waals surface area contributed by atoms with E-state index < -0.39 is 8.32 Å². The van der Waals surface area contributed by atoms with E-state index in [2.05, 4.69) is 19.6 Å². The highest BCUT2D eigenvalue weighted by atomic mass is 28.4. The molecule has 0 heterocycles. The van der Waals surface area contributed by atoms with E-state index in [4.69, 9.17) is 9.53 Å². The van der Waals surface area contributed by atoms with Gasteiger partial charge in [-0.1, -0.05) is 0 Å². The Morgan fingerprint density at radius 1 is 1.33 bits per heavy atom. The van der Waals surface area contributed by atoms with E-state index in [-0.39, 0.29) is 6.61 Å². The van der Waals surface area contributed by atoms with Crippen molar-refractivity contribution in [2.45, 2.75) is 26.1 Å². The van der Waals surface area contributed by atoms with Crippen LogP contribution in [0.25, 0.3) is 0 Å². The summed E-state index contributed by atoms with van der Waals surface area (Å²) in [5.74, 6) is 0. The van der Waals surface area contributed by atoms with Crippen LogP contribution >= 0.6 is 0 Å². The second kappa shape index (κ2) is 4.03. The van der Waals surface area contributed by atoms with Crippen molar-refractivity contribution in [2.24, 2.45) is 0 Å². The topological polar surface area (TPSA) is 29.5 Å². The van der Waals surface area contributed by atoms with Crippen LogP contribution in [0.2, 0.25) is 19.6 Å².